The summed E-state index contributed by atoms with van der Waals surface area (Å²) in [5.74, 6) is -1.99. The average molecular weight is 284 g/mol. The van der Waals surface area contributed by atoms with Crippen molar-refractivity contribution in [3.63, 3.8) is 0 Å². The lowest BCUT2D eigenvalue weighted by Crippen LogP contribution is -2.43. The van der Waals surface area contributed by atoms with Gasteiger partial charge in [0, 0.05) is 17.6 Å². The SMILES string of the molecule is CCCC(C)(C)NC(=O)c1cc(F)c(NCC)c(F)c1. The van der Waals surface area contributed by atoms with E-state index in [9.17, 15) is 13.6 Å². The zero-order valence-corrected chi connectivity index (χ0v) is 12.4. The van der Waals surface area contributed by atoms with E-state index in [1.807, 2.05) is 20.8 Å². The Bertz CT molecular complexity index is 464. The summed E-state index contributed by atoms with van der Waals surface area (Å²) in [4.78, 5) is 12.0. The molecule has 2 N–H and O–H groups in total. The normalized spacial score (nSPS) is 11.3. The molecule has 1 rings (SSSR count). The third-order valence-electron chi connectivity index (χ3n) is 2.98. The van der Waals surface area contributed by atoms with Crippen LogP contribution in [0, 0.1) is 11.6 Å². The molecule has 0 atom stereocenters. The first-order chi connectivity index (χ1) is 9.30. The fourth-order valence-electron chi connectivity index (χ4n) is 2.12. The molecule has 1 aromatic rings. The quantitative estimate of drug-likeness (QED) is 0.836. The van der Waals surface area contributed by atoms with Crippen LogP contribution < -0.4 is 10.6 Å². The third kappa shape index (κ3) is 4.18. The third-order valence-corrected chi connectivity index (χ3v) is 2.98. The zero-order chi connectivity index (χ0) is 15.3. The van der Waals surface area contributed by atoms with Crippen LogP contribution in [0.5, 0.6) is 0 Å². The minimum absolute atomic E-state index is 0.00849. The van der Waals surface area contributed by atoms with Crippen LogP contribution in [-0.2, 0) is 0 Å². The maximum atomic E-state index is 13.8. The molecule has 1 aromatic carbocycles. The summed E-state index contributed by atoms with van der Waals surface area (Å²) in [6, 6.07) is 2.11. The van der Waals surface area contributed by atoms with Gasteiger partial charge in [0.25, 0.3) is 5.91 Å². The summed E-state index contributed by atoms with van der Waals surface area (Å²) in [6.45, 7) is 7.93. The molecule has 112 valence electrons. The van der Waals surface area contributed by atoms with Gasteiger partial charge >= 0.3 is 0 Å². The topological polar surface area (TPSA) is 41.1 Å². The van der Waals surface area contributed by atoms with E-state index in [2.05, 4.69) is 10.6 Å². The van der Waals surface area contributed by atoms with E-state index in [4.69, 9.17) is 0 Å². The number of halogens is 2. The molecule has 0 radical (unpaired) electrons. The predicted molar refractivity (Wildman–Crippen MR) is 77.0 cm³/mol. The first kappa shape index (κ1) is 16.4. The lowest BCUT2D eigenvalue weighted by atomic mass is 9.98. The molecule has 20 heavy (non-hydrogen) atoms. The monoisotopic (exact) mass is 284 g/mol. The van der Waals surface area contributed by atoms with Crippen LogP contribution in [0.1, 0.15) is 50.9 Å². The number of anilines is 1. The minimum Gasteiger partial charge on any atom is -0.381 e. The number of amides is 1. The molecule has 0 saturated carbocycles. The number of benzene rings is 1. The lowest BCUT2D eigenvalue weighted by Gasteiger charge is -2.25. The van der Waals surface area contributed by atoms with Crippen molar-refractivity contribution in [3.05, 3.63) is 29.3 Å². The smallest absolute Gasteiger partial charge is 0.251 e. The van der Waals surface area contributed by atoms with Crippen LogP contribution in [0.2, 0.25) is 0 Å². The van der Waals surface area contributed by atoms with Crippen molar-refractivity contribution in [2.75, 3.05) is 11.9 Å². The Kier molecular flexibility index (Phi) is 5.48. The van der Waals surface area contributed by atoms with E-state index in [0.29, 0.717) is 6.54 Å². The van der Waals surface area contributed by atoms with Crippen molar-refractivity contribution < 1.29 is 13.6 Å². The number of carbonyl (C=O) groups excluding carboxylic acids is 1. The second-order valence-corrected chi connectivity index (χ2v) is 5.43. The number of hydrogen-bond acceptors (Lipinski definition) is 2. The molecule has 0 aliphatic heterocycles. The fourth-order valence-corrected chi connectivity index (χ4v) is 2.12. The lowest BCUT2D eigenvalue weighted by molar-refractivity contribution is 0.0908. The summed E-state index contributed by atoms with van der Waals surface area (Å²) in [7, 11) is 0. The van der Waals surface area contributed by atoms with Gasteiger partial charge in [0.1, 0.15) is 17.3 Å². The molecule has 0 unspecified atom stereocenters. The van der Waals surface area contributed by atoms with Crippen molar-refractivity contribution in [3.8, 4) is 0 Å². The van der Waals surface area contributed by atoms with Gasteiger partial charge in [-0.3, -0.25) is 4.79 Å². The fraction of sp³-hybridized carbons (Fsp3) is 0.533. The molecule has 0 aliphatic rings. The number of carbonyl (C=O) groups is 1. The highest BCUT2D eigenvalue weighted by atomic mass is 19.1. The van der Waals surface area contributed by atoms with Gasteiger partial charge in [0.2, 0.25) is 0 Å². The first-order valence-corrected chi connectivity index (χ1v) is 6.86. The highest BCUT2D eigenvalue weighted by Crippen LogP contribution is 2.21. The van der Waals surface area contributed by atoms with Gasteiger partial charge in [-0.1, -0.05) is 13.3 Å². The molecule has 0 spiro atoms. The van der Waals surface area contributed by atoms with Crippen LogP contribution in [0.25, 0.3) is 0 Å². The molecule has 1 amide bonds. The number of nitrogens with one attached hydrogen (secondary N) is 2. The van der Waals surface area contributed by atoms with E-state index in [-0.39, 0.29) is 11.3 Å². The van der Waals surface area contributed by atoms with Crippen molar-refractivity contribution in [1.29, 1.82) is 0 Å². The van der Waals surface area contributed by atoms with Gasteiger partial charge in [-0.05, 0) is 39.3 Å². The second kappa shape index (κ2) is 6.68. The summed E-state index contributed by atoms with van der Waals surface area (Å²) in [5.41, 5.74) is -0.609. The van der Waals surface area contributed by atoms with Gasteiger partial charge in [0.05, 0.1) is 0 Å². The van der Waals surface area contributed by atoms with E-state index >= 15 is 0 Å². The Morgan fingerprint density at radius 1 is 1.20 bits per heavy atom. The van der Waals surface area contributed by atoms with Crippen molar-refractivity contribution in [2.45, 2.75) is 46.1 Å². The Labute approximate surface area is 118 Å². The summed E-state index contributed by atoms with van der Waals surface area (Å²) in [6.07, 6.45) is 1.70. The minimum atomic E-state index is -0.759. The average Bonchev–Trinajstić information content (AvgIpc) is 2.32. The standard InChI is InChI=1S/C15H22F2N2O/c1-5-7-15(3,4)19-14(20)10-8-11(16)13(18-6-2)12(17)9-10/h8-9,18H,5-7H2,1-4H3,(H,19,20). The first-order valence-electron chi connectivity index (χ1n) is 6.86. The van der Waals surface area contributed by atoms with Gasteiger partial charge in [-0.2, -0.15) is 0 Å². The Morgan fingerprint density at radius 2 is 1.75 bits per heavy atom. The van der Waals surface area contributed by atoms with E-state index < -0.39 is 23.1 Å². The van der Waals surface area contributed by atoms with Crippen molar-refractivity contribution in [1.82, 2.24) is 5.32 Å². The Balaban J connectivity index is 2.95. The largest absolute Gasteiger partial charge is 0.381 e. The zero-order valence-electron chi connectivity index (χ0n) is 12.4. The predicted octanol–water partition coefficient (Wildman–Crippen LogP) is 3.71. The molecule has 3 nitrogen and oxygen atoms in total. The van der Waals surface area contributed by atoms with Gasteiger partial charge < -0.3 is 10.6 Å². The van der Waals surface area contributed by atoms with Crippen LogP contribution in [-0.4, -0.2) is 18.0 Å². The van der Waals surface area contributed by atoms with E-state index in [0.717, 1.165) is 25.0 Å². The number of hydrogen-bond donors (Lipinski definition) is 2. The highest BCUT2D eigenvalue weighted by Gasteiger charge is 2.22. The van der Waals surface area contributed by atoms with Crippen LogP contribution in [0.3, 0.4) is 0 Å². The molecule has 0 heterocycles. The molecule has 0 aromatic heterocycles. The van der Waals surface area contributed by atoms with Crippen LogP contribution in [0.4, 0.5) is 14.5 Å². The Hall–Kier alpha value is -1.65. The molecule has 0 fully saturated rings. The van der Waals surface area contributed by atoms with Gasteiger partial charge in [-0.25, -0.2) is 8.78 Å². The second-order valence-electron chi connectivity index (χ2n) is 5.43. The molecule has 0 bridgehead atoms. The van der Waals surface area contributed by atoms with Crippen LogP contribution >= 0.6 is 0 Å². The Morgan fingerprint density at radius 3 is 2.20 bits per heavy atom. The van der Waals surface area contributed by atoms with Crippen molar-refractivity contribution in [2.24, 2.45) is 0 Å². The number of rotatable bonds is 6. The van der Waals surface area contributed by atoms with Crippen molar-refractivity contribution >= 4 is 11.6 Å². The highest BCUT2D eigenvalue weighted by molar-refractivity contribution is 5.95. The summed E-state index contributed by atoms with van der Waals surface area (Å²) >= 11 is 0. The molecule has 0 aliphatic carbocycles. The maximum Gasteiger partial charge on any atom is 0.251 e. The maximum absolute atomic E-state index is 13.8. The summed E-state index contributed by atoms with van der Waals surface area (Å²) < 4.78 is 27.5. The van der Waals surface area contributed by atoms with Gasteiger partial charge in [0.15, 0.2) is 0 Å². The molecule has 5 heteroatoms. The molecular weight excluding hydrogens is 262 g/mol. The van der Waals surface area contributed by atoms with E-state index in [1.165, 1.54) is 0 Å². The van der Waals surface area contributed by atoms with E-state index in [1.54, 1.807) is 6.92 Å². The van der Waals surface area contributed by atoms with Crippen LogP contribution in [0.15, 0.2) is 12.1 Å². The molecular formula is C15H22F2N2O. The summed E-state index contributed by atoms with van der Waals surface area (Å²) in [5, 5.41) is 5.38. The van der Waals surface area contributed by atoms with Gasteiger partial charge in [-0.15, -0.1) is 0 Å². The molecule has 0 saturated heterocycles.